The van der Waals surface area contributed by atoms with Crippen LogP contribution in [0.25, 0.3) is 0 Å². The van der Waals surface area contributed by atoms with E-state index in [2.05, 4.69) is 4.98 Å². The fourth-order valence-corrected chi connectivity index (χ4v) is 4.37. The van der Waals surface area contributed by atoms with E-state index in [1.54, 1.807) is 17.5 Å². The van der Waals surface area contributed by atoms with E-state index in [4.69, 9.17) is 18.6 Å². The number of thiophene rings is 1. The summed E-state index contributed by atoms with van der Waals surface area (Å²) >= 11 is 1.12. The van der Waals surface area contributed by atoms with E-state index >= 15 is 0 Å². The SMILES string of the molecule is N#Cc1ccc(OC(=O)c2cccs2)nc1OC(=O)c1cocc1C(=O)n1c(=O)c(F)cn(C2CCCO2)c1=O. The molecule has 1 aliphatic rings. The molecule has 0 aromatic carbocycles. The van der Waals surface area contributed by atoms with Gasteiger partial charge in [0.05, 0.1) is 11.8 Å². The average Bonchev–Trinajstić information content (AvgIpc) is 3.74. The molecule has 0 radical (unpaired) electrons. The Morgan fingerprint density at radius 2 is 1.93 bits per heavy atom. The molecule has 1 atom stereocenters. The van der Waals surface area contributed by atoms with Crippen LogP contribution < -0.4 is 20.7 Å². The van der Waals surface area contributed by atoms with Gasteiger partial charge in [0.1, 0.15) is 40.8 Å². The number of nitrogens with zero attached hydrogens (tertiary/aromatic N) is 4. The molecule has 0 N–H and O–H groups in total. The number of carbonyl (C=O) groups excluding carboxylic acids is 3. The molecule has 0 amide bonds. The number of carbonyl (C=O) groups is 3. The first-order valence-electron chi connectivity index (χ1n) is 11.4. The third kappa shape index (κ3) is 4.96. The molecule has 13 nitrogen and oxygen atoms in total. The molecule has 4 aromatic rings. The van der Waals surface area contributed by atoms with Crippen molar-refractivity contribution < 1.29 is 37.4 Å². The standard InChI is InChI=1S/C25H15FN4O9S/c26-16-10-29(19-4-1-7-37-19)25(35)30(22(16)32)21(31)14-11-36-12-15(14)23(33)39-20-13(9-27)5-6-18(28-20)38-24(34)17-3-2-8-40-17/h2-3,5-6,8,10-12,19H,1,4,7H2. The van der Waals surface area contributed by atoms with Crippen LogP contribution in [0.3, 0.4) is 0 Å². The smallest absolute Gasteiger partial charge is 0.355 e. The number of hydrogen-bond donors (Lipinski definition) is 0. The van der Waals surface area contributed by atoms with Gasteiger partial charge in [0.2, 0.25) is 17.6 Å². The second-order valence-corrected chi connectivity index (χ2v) is 9.10. The van der Waals surface area contributed by atoms with Gasteiger partial charge < -0.3 is 18.6 Å². The Bertz CT molecular complexity index is 1790. The van der Waals surface area contributed by atoms with E-state index in [0.29, 0.717) is 25.6 Å². The van der Waals surface area contributed by atoms with E-state index in [-0.39, 0.29) is 20.9 Å². The lowest BCUT2D eigenvalue weighted by molar-refractivity contribution is 0.0500. The Labute approximate surface area is 226 Å². The molecule has 15 heteroatoms. The summed E-state index contributed by atoms with van der Waals surface area (Å²) in [5, 5.41) is 11.1. The van der Waals surface area contributed by atoms with Crippen LogP contribution in [0.2, 0.25) is 0 Å². The number of hydrogen-bond acceptors (Lipinski definition) is 12. The minimum Gasteiger partial charge on any atom is -0.471 e. The second-order valence-electron chi connectivity index (χ2n) is 8.15. The summed E-state index contributed by atoms with van der Waals surface area (Å²) in [5.74, 6) is -5.62. The fourth-order valence-electron chi connectivity index (χ4n) is 3.77. The van der Waals surface area contributed by atoms with E-state index in [9.17, 15) is 33.6 Å². The van der Waals surface area contributed by atoms with Gasteiger partial charge in [-0.3, -0.25) is 14.2 Å². The first-order chi connectivity index (χ1) is 19.3. The van der Waals surface area contributed by atoms with Crippen molar-refractivity contribution in [2.24, 2.45) is 0 Å². The number of halogens is 1. The summed E-state index contributed by atoms with van der Waals surface area (Å²) in [6, 6.07) is 7.32. The van der Waals surface area contributed by atoms with Gasteiger partial charge in [0.15, 0.2) is 0 Å². The summed E-state index contributed by atoms with van der Waals surface area (Å²) in [5.41, 5.74) is -4.11. The topological polar surface area (TPSA) is 173 Å². The number of pyridine rings is 1. The molecule has 202 valence electrons. The fraction of sp³-hybridized carbons (Fsp3) is 0.160. The Morgan fingerprint density at radius 3 is 2.62 bits per heavy atom. The first kappa shape index (κ1) is 26.4. The highest BCUT2D eigenvalue weighted by Crippen LogP contribution is 2.24. The predicted octanol–water partition coefficient (Wildman–Crippen LogP) is 2.51. The van der Waals surface area contributed by atoms with E-state index in [0.717, 1.165) is 28.4 Å². The van der Waals surface area contributed by atoms with E-state index in [1.165, 1.54) is 18.2 Å². The third-order valence-corrected chi connectivity index (χ3v) is 6.52. The number of rotatable bonds is 6. The van der Waals surface area contributed by atoms with E-state index in [1.807, 2.05) is 0 Å². The van der Waals surface area contributed by atoms with Crippen molar-refractivity contribution in [2.75, 3.05) is 6.61 Å². The van der Waals surface area contributed by atoms with Gasteiger partial charge >= 0.3 is 17.6 Å². The first-order valence-corrected chi connectivity index (χ1v) is 12.3. The zero-order valence-corrected chi connectivity index (χ0v) is 20.9. The second kappa shape index (κ2) is 10.9. The number of esters is 2. The normalized spacial score (nSPS) is 14.4. The monoisotopic (exact) mass is 566 g/mol. The van der Waals surface area contributed by atoms with Crippen LogP contribution in [0.15, 0.2) is 62.4 Å². The molecule has 0 saturated carbocycles. The highest BCUT2D eigenvalue weighted by atomic mass is 32.1. The van der Waals surface area contributed by atoms with Crippen molar-refractivity contribution in [3.63, 3.8) is 0 Å². The summed E-state index contributed by atoms with van der Waals surface area (Å²) < 4.78 is 35.9. The van der Waals surface area contributed by atoms with Gasteiger partial charge in [-0.25, -0.2) is 14.4 Å². The van der Waals surface area contributed by atoms with E-state index < -0.39 is 58.1 Å². The summed E-state index contributed by atoms with van der Waals surface area (Å²) in [6.07, 6.45) is 2.27. The molecule has 0 bridgehead atoms. The predicted molar refractivity (Wildman–Crippen MR) is 131 cm³/mol. The van der Waals surface area contributed by atoms with Crippen molar-refractivity contribution in [2.45, 2.75) is 19.1 Å². The van der Waals surface area contributed by atoms with Crippen LogP contribution in [0.5, 0.6) is 11.8 Å². The maximum absolute atomic E-state index is 14.4. The zero-order valence-electron chi connectivity index (χ0n) is 20.1. The van der Waals surface area contributed by atoms with Crippen LogP contribution in [0.1, 0.15) is 55.0 Å². The minimum atomic E-state index is -1.54. The van der Waals surface area contributed by atoms with Gasteiger partial charge in [-0.2, -0.15) is 19.2 Å². The summed E-state index contributed by atoms with van der Waals surface area (Å²) in [7, 11) is 0. The Hall–Kier alpha value is -5.20. The number of ether oxygens (including phenoxy) is 3. The van der Waals surface area contributed by atoms with Gasteiger partial charge in [-0.05, 0) is 30.4 Å². The van der Waals surface area contributed by atoms with Crippen LogP contribution in [0, 0.1) is 17.1 Å². The van der Waals surface area contributed by atoms with Crippen molar-refractivity contribution in [1.29, 1.82) is 5.26 Å². The molecule has 0 spiro atoms. The maximum atomic E-state index is 14.4. The molecule has 1 unspecified atom stereocenters. The minimum absolute atomic E-state index is 0.0161. The molecule has 1 fully saturated rings. The lowest BCUT2D eigenvalue weighted by atomic mass is 10.2. The molecule has 0 aliphatic carbocycles. The highest BCUT2D eigenvalue weighted by Gasteiger charge is 2.29. The molecular formula is C25H15FN4O9S. The Morgan fingerprint density at radius 1 is 1.12 bits per heavy atom. The molecule has 1 saturated heterocycles. The van der Waals surface area contributed by atoms with Gasteiger partial charge in [0, 0.05) is 12.7 Å². The van der Waals surface area contributed by atoms with Crippen LogP contribution in [-0.2, 0) is 4.74 Å². The third-order valence-electron chi connectivity index (χ3n) is 5.67. The largest absolute Gasteiger partial charge is 0.471 e. The lowest BCUT2D eigenvalue weighted by Gasteiger charge is -2.14. The number of aromatic nitrogens is 3. The van der Waals surface area contributed by atoms with Crippen molar-refractivity contribution >= 4 is 29.2 Å². The number of furan rings is 1. The number of nitriles is 1. The van der Waals surface area contributed by atoms with Gasteiger partial charge in [-0.15, -0.1) is 11.3 Å². The van der Waals surface area contributed by atoms with Gasteiger partial charge in [-0.1, -0.05) is 6.07 Å². The molecular weight excluding hydrogens is 551 g/mol. The van der Waals surface area contributed by atoms with Gasteiger partial charge in [0.25, 0.3) is 11.5 Å². The summed E-state index contributed by atoms with van der Waals surface area (Å²) in [4.78, 5) is 68.0. The van der Waals surface area contributed by atoms with Crippen LogP contribution >= 0.6 is 11.3 Å². The molecule has 5 rings (SSSR count). The average molecular weight is 566 g/mol. The maximum Gasteiger partial charge on any atom is 0.355 e. The Balaban J connectivity index is 1.44. The van der Waals surface area contributed by atoms with Crippen LogP contribution in [0.4, 0.5) is 4.39 Å². The molecule has 4 aromatic heterocycles. The lowest BCUT2D eigenvalue weighted by Crippen LogP contribution is -2.46. The molecule has 5 heterocycles. The van der Waals surface area contributed by atoms with Crippen molar-refractivity contribution in [3.8, 4) is 17.8 Å². The van der Waals surface area contributed by atoms with Crippen molar-refractivity contribution in [3.05, 3.63) is 96.6 Å². The Kier molecular flexibility index (Phi) is 7.19. The van der Waals surface area contributed by atoms with Crippen LogP contribution in [-0.4, -0.2) is 38.6 Å². The zero-order chi connectivity index (χ0) is 28.4. The molecule has 1 aliphatic heterocycles. The quantitative estimate of drug-likeness (QED) is 0.314. The summed E-state index contributed by atoms with van der Waals surface area (Å²) in [6.45, 7) is 0.302. The highest BCUT2D eigenvalue weighted by molar-refractivity contribution is 7.12. The van der Waals surface area contributed by atoms with Crippen molar-refractivity contribution in [1.82, 2.24) is 14.1 Å². The molecule has 40 heavy (non-hydrogen) atoms.